The molecule has 0 radical (unpaired) electrons. The van der Waals surface area contributed by atoms with Gasteiger partial charge in [0, 0.05) is 17.5 Å². The van der Waals surface area contributed by atoms with E-state index in [1.54, 1.807) is 16.4 Å². The van der Waals surface area contributed by atoms with Gasteiger partial charge in [-0.15, -0.1) is 0 Å². The first-order valence-electron chi connectivity index (χ1n) is 6.05. The first-order chi connectivity index (χ1) is 9.66. The van der Waals surface area contributed by atoms with Gasteiger partial charge < -0.3 is 5.73 Å². The van der Waals surface area contributed by atoms with Crippen LogP contribution in [0.4, 0.5) is 0 Å². The molecule has 0 spiro atoms. The smallest absolute Gasteiger partial charge is 0.190 e. The molecule has 0 saturated heterocycles. The van der Waals surface area contributed by atoms with E-state index in [-0.39, 0.29) is 5.84 Å². The lowest BCUT2D eigenvalue weighted by molar-refractivity contribution is 0.685. The summed E-state index contributed by atoms with van der Waals surface area (Å²) >= 11 is 1.55. The number of hydrogen-bond acceptors (Lipinski definition) is 4. The van der Waals surface area contributed by atoms with Crippen molar-refractivity contribution in [1.29, 1.82) is 5.41 Å². The molecular weight excluding hydrogens is 270 g/mol. The predicted molar refractivity (Wildman–Crippen MR) is 80.1 cm³/mol. The molecule has 0 fully saturated rings. The summed E-state index contributed by atoms with van der Waals surface area (Å²) in [6.45, 7) is 0. The van der Waals surface area contributed by atoms with Crippen LogP contribution < -0.4 is 5.73 Å². The number of hydrogen-bond donors (Lipinski definition) is 2. The van der Waals surface area contributed by atoms with Crippen LogP contribution in [-0.4, -0.2) is 20.6 Å². The van der Waals surface area contributed by atoms with Gasteiger partial charge in [0.25, 0.3) is 0 Å². The van der Waals surface area contributed by atoms with Gasteiger partial charge in [-0.25, -0.2) is 9.67 Å². The van der Waals surface area contributed by atoms with Crippen LogP contribution in [-0.2, 0) is 7.05 Å². The van der Waals surface area contributed by atoms with Crippen LogP contribution in [0.15, 0.2) is 52.8 Å². The molecule has 6 heteroatoms. The lowest BCUT2D eigenvalue weighted by atomic mass is 10.0. The molecule has 0 bridgehead atoms. The molecule has 1 heterocycles. The second kappa shape index (κ2) is 4.97. The van der Waals surface area contributed by atoms with Crippen molar-refractivity contribution in [2.75, 3.05) is 0 Å². The lowest BCUT2D eigenvalue weighted by Crippen LogP contribution is -2.11. The van der Waals surface area contributed by atoms with Crippen molar-refractivity contribution in [1.82, 2.24) is 14.8 Å². The molecule has 0 unspecified atom stereocenters. The van der Waals surface area contributed by atoms with Gasteiger partial charge in [0.15, 0.2) is 5.16 Å². The summed E-state index contributed by atoms with van der Waals surface area (Å²) in [5.41, 5.74) is 6.39. The third-order valence-electron chi connectivity index (χ3n) is 3.05. The summed E-state index contributed by atoms with van der Waals surface area (Å²) in [4.78, 5) is 5.29. The largest absolute Gasteiger partial charge is 0.384 e. The molecule has 100 valence electrons. The molecule has 2 aromatic carbocycles. The highest BCUT2D eigenvalue weighted by molar-refractivity contribution is 7.99. The Morgan fingerprint density at radius 3 is 2.60 bits per heavy atom. The van der Waals surface area contributed by atoms with Crippen LogP contribution in [0.1, 0.15) is 5.56 Å². The zero-order chi connectivity index (χ0) is 14.1. The van der Waals surface area contributed by atoms with E-state index in [1.165, 1.54) is 6.33 Å². The Morgan fingerprint density at radius 1 is 1.20 bits per heavy atom. The summed E-state index contributed by atoms with van der Waals surface area (Å²) < 4.78 is 1.73. The number of aryl methyl sites for hydroxylation is 1. The number of nitrogen functional groups attached to an aromatic ring is 1. The van der Waals surface area contributed by atoms with Crippen molar-refractivity contribution in [3.05, 3.63) is 48.3 Å². The molecule has 0 amide bonds. The van der Waals surface area contributed by atoms with Crippen molar-refractivity contribution in [3.63, 3.8) is 0 Å². The molecular formula is C14H13N5S. The minimum absolute atomic E-state index is 0.0800. The minimum atomic E-state index is 0.0800. The van der Waals surface area contributed by atoms with E-state index in [9.17, 15) is 0 Å². The Balaban J connectivity index is 2.15. The number of aromatic nitrogens is 3. The summed E-state index contributed by atoms with van der Waals surface area (Å²) in [6, 6.07) is 11.8. The number of benzene rings is 2. The van der Waals surface area contributed by atoms with Gasteiger partial charge in [0.1, 0.15) is 12.2 Å². The fraction of sp³-hybridized carbons (Fsp3) is 0.0714. The number of fused-ring (bicyclic) bond motifs is 1. The van der Waals surface area contributed by atoms with E-state index in [1.807, 2.05) is 43.4 Å². The van der Waals surface area contributed by atoms with Gasteiger partial charge >= 0.3 is 0 Å². The van der Waals surface area contributed by atoms with E-state index in [0.717, 1.165) is 26.4 Å². The van der Waals surface area contributed by atoms with E-state index in [0.29, 0.717) is 0 Å². The van der Waals surface area contributed by atoms with Crippen molar-refractivity contribution < 1.29 is 0 Å². The van der Waals surface area contributed by atoms with Crippen molar-refractivity contribution in [2.24, 2.45) is 12.8 Å². The van der Waals surface area contributed by atoms with E-state index in [4.69, 9.17) is 11.1 Å². The van der Waals surface area contributed by atoms with Crippen LogP contribution in [0.2, 0.25) is 0 Å². The molecule has 1 aromatic heterocycles. The molecule has 0 atom stereocenters. The zero-order valence-corrected chi connectivity index (χ0v) is 11.7. The number of nitrogens with two attached hydrogens (primary N) is 1. The highest BCUT2D eigenvalue weighted by atomic mass is 32.2. The molecule has 0 aliphatic heterocycles. The number of rotatable bonds is 3. The molecule has 0 saturated carbocycles. The van der Waals surface area contributed by atoms with Gasteiger partial charge in [-0.05, 0) is 34.7 Å². The maximum absolute atomic E-state index is 7.66. The maximum Gasteiger partial charge on any atom is 0.190 e. The van der Waals surface area contributed by atoms with Crippen LogP contribution in [0.25, 0.3) is 10.8 Å². The third-order valence-corrected chi connectivity index (χ3v) is 4.17. The molecule has 3 N–H and O–H groups in total. The average Bonchev–Trinajstić information content (AvgIpc) is 2.84. The van der Waals surface area contributed by atoms with Gasteiger partial charge in [-0.3, -0.25) is 5.41 Å². The van der Waals surface area contributed by atoms with Crippen LogP contribution in [0.3, 0.4) is 0 Å². The lowest BCUT2D eigenvalue weighted by Gasteiger charge is -2.09. The zero-order valence-electron chi connectivity index (χ0n) is 10.9. The Morgan fingerprint density at radius 2 is 1.95 bits per heavy atom. The van der Waals surface area contributed by atoms with Gasteiger partial charge in [0.2, 0.25) is 0 Å². The van der Waals surface area contributed by atoms with E-state index in [2.05, 4.69) is 10.1 Å². The van der Waals surface area contributed by atoms with Crippen LogP contribution in [0, 0.1) is 5.41 Å². The van der Waals surface area contributed by atoms with Crippen LogP contribution in [0.5, 0.6) is 0 Å². The topological polar surface area (TPSA) is 80.6 Å². The minimum Gasteiger partial charge on any atom is -0.384 e. The number of nitrogens with one attached hydrogen (secondary N) is 1. The van der Waals surface area contributed by atoms with E-state index < -0.39 is 0 Å². The number of amidine groups is 1. The maximum atomic E-state index is 7.66. The quantitative estimate of drug-likeness (QED) is 0.571. The monoisotopic (exact) mass is 283 g/mol. The standard InChI is InChI=1S/C14H13N5S/c1-19-14(17-8-18-19)20-12-7-6-11(13(15)16)9-4-2-3-5-10(9)12/h2-8H,1H3,(H3,15,16). The van der Waals surface area contributed by atoms with Crippen molar-refractivity contribution >= 4 is 28.4 Å². The highest BCUT2D eigenvalue weighted by Gasteiger charge is 2.10. The first kappa shape index (κ1) is 12.7. The fourth-order valence-corrected chi connectivity index (χ4v) is 2.97. The first-order valence-corrected chi connectivity index (χ1v) is 6.86. The summed E-state index contributed by atoms with van der Waals surface area (Å²) in [5.74, 6) is 0.0800. The Bertz CT molecular complexity index is 793. The Hall–Kier alpha value is -2.34. The summed E-state index contributed by atoms with van der Waals surface area (Å²) in [6.07, 6.45) is 1.54. The highest BCUT2D eigenvalue weighted by Crippen LogP contribution is 2.33. The van der Waals surface area contributed by atoms with E-state index >= 15 is 0 Å². The average molecular weight is 283 g/mol. The molecule has 0 aliphatic rings. The Kier molecular flexibility index (Phi) is 3.15. The van der Waals surface area contributed by atoms with Gasteiger partial charge in [-0.2, -0.15) is 5.10 Å². The molecule has 5 nitrogen and oxygen atoms in total. The van der Waals surface area contributed by atoms with Crippen molar-refractivity contribution in [3.8, 4) is 0 Å². The van der Waals surface area contributed by atoms with Crippen molar-refractivity contribution in [2.45, 2.75) is 10.1 Å². The second-order valence-corrected chi connectivity index (χ2v) is 5.35. The summed E-state index contributed by atoms with van der Waals surface area (Å²) in [5, 5.41) is 14.6. The van der Waals surface area contributed by atoms with Gasteiger partial charge in [-0.1, -0.05) is 24.3 Å². The molecule has 3 aromatic rings. The van der Waals surface area contributed by atoms with Crippen LogP contribution >= 0.6 is 11.8 Å². The van der Waals surface area contributed by atoms with Gasteiger partial charge in [0.05, 0.1) is 0 Å². The Labute approximate surface area is 120 Å². The summed E-state index contributed by atoms with van der Waals surface area (Å²) in [7, 11) is 1.86. The third kappa shape index (κ3) is 2.14. The molecule has 0 aliphatic carbocycles. The predicted octanol–water partition coefficient (Wildman–Crippen LogP) is 2.40. The second-order valence-electron chi connectivity index (χ2n) is 4.34. The fourth-order valence-electron chi connectivity index (χ4n) is 2.07. The molecule has 20 heavy (non-hydrogen) atoms. The SMILES string of the molecule is Cn1ncnc1Sc1ccc(C(=N)N)c2ccccc12. The number of nitrogens with zero attached hydrogens (tertiary/aromatic N) is 3. The molecule has 3 rings (SSSR count). The normalized spacial score (nSPS) is 10.8.